The highest BCUT2D eigenvalue weighted by Crippen LogP contribution is 2.17. The normalized spacial score (nSPS) is 10.9. The van der Waals surface area contributed by atoms with Crippen LogP contribution in [0.3, 0.4) is 0 Å². The maximum atomic E-state index is 12.3. The van der Waals surface area contributed by atoms with E-state index in [0.717, 1.165) is 12.0 Å². The van der Waals surface area contributed by atoms with Crippen molar-refractivity contribution in [3.8, 4) is 0 Å². The van der Waals surface area contributed by atoms with Crippen LogP contribution in [0, 0.1) is 12.8 Å². The van der Waals surface area contributed by atoms with Gasteiger partial charge in [-0.15, -0.1) is 0 Å². The molecule has 18 heavy (non-hydrogen) atoms. The zero-order valence-corrected chi connectivity index (χ0v) is 11.1. The highest BCUT2D eigenvalue weighted by atomic mass is 16.3. The quantitative estimate of drug-likeness (QED) is 0.758. The second kappa shape index (κ2) is 5.21. The van der Waals surface area contributed by atoms with Gasteiger partial charge in [-0.05, 0) is 42.5 Å². The van der Waals surface area contributed by atoms with E-state index in [1.165, 1.54) is 5.56 Å². The first-order chi connectivity index (χ1) is 8.58. The second-order valence-electron chi connectivity index (χ2n) is 5.06. The Kier molecular flexibility index (Phi) is 3.66. The zero-order valence-electron chi connectivity index (χ0n) is 11.1. The molecule has 0 saturated heterocycles. The third-order valence-electron chi connectivity index (χ3n) is 2.90. The van der Waals surface area contributed by atoms with Gasteiger partial charge in [-0.2, -0.15) is 0 Å². The molecule has 0 aliphatic rings. The molecule has 2 rings (SSSR count). The minimum atomic E-state index is -0.0388. The van der Waals surface area contributed by atoms with Crippen LogP contribution in [0.1, 0.15) is 41.1 Å². The monoisotopic (exact) mass is 242 g/mol. The molecule has 0 aliphatic carbocycles. The summed E-state index contributed by atoms with van der Waals surface area (Å²) in [5.41, 5.74) is 2.78. The summed E-state index contributed by atoms with van der Waals surface area (Å²) < 4.78 is 5.25. The average molecular weight is 242 g/mol. The van der Waals surface area contributed by atoms with Gasteiger partial charge in [0.1, 0.15) is 0 Å². The van der Waals surface area contributed by atoms with Crippen LogP contribution in [0.4, 0.5) is 0 Å². The van der Waals surface area contributed by atoms with Crippen molar-refractivity contribution < 1.29 is 9.21 Å². The lowest BCUT2D eigenvalue weighted by Crippen LogP contribution is -2.03. The van der Waals surface area contributed by atoms with Crippen molar-refractivity contribution in [2.24, 2.45) is 5.92 Å². The molecule has 0 N–H and O–H groups in total. The number of carbonyl (C=O) groups is 1. The molecule has 0 fully saturated rings. The van der Waals surface area contributed by atoms with E-state index < -0.39 is 0 Å². The fraction of sp³-hybridized carbons (Fsp3) is 0.312. The molecule has 1 heterocycles. The molecule has 0 atom stereocenters. The SMILES string of the molecule is Cc1ccoc1C(=O)c1cccc(CC(C)C)c1. The summed E-state index contributed by atoms with van der Waals surface area (Å²) in [4.78, 5) is 12.3. The number of rotatable bonds is 4. The Morgan fingerprint density at radius 3 is 2.67 bits per heavy atom. The summed E-state index contributed by atoms with van der Waals surface area (Å²) in [7, 11) is 0. The highest BCUT2D eigenvalue weighted by Gasteiger charge is 2.15. The van der Waals surface area contributed by atoms with Crippen LogP contribution in [-0.2, 0) is 6.42 Å². The summed E-state index contributed by atoms with van der Waals surface area (Å²) in [6.07, 6.45) is 2.54. The minimum Gasteiger partial charge on any atom is -0.461 e. The Hall–Kier alpha value is -1.83. The van der Waals surface area contributed by atoms with Crippen LogP contribution in [0.15, 0.2) is 41.0 Å². The van der Waals surface area contributed by atoms with Crippen LogP contribution in [0.5, 0.6) is 0 Å². The first-order valence-corrected chi connectivity index (χ1v) is 6.25. The van der Waals surface area contributed by atoms with E-state index in [0.29, 0.717) is 17.2 Å². The minimum absolute atomic E-state index is 0.0388. The fourth-order valence-corrected chi connectivity index (χ4v) is 2.05. The molecule has 0 spiro atoms. The molecule has 0 saturated carbocycles. The van der Waals surface area contributed by atoms with Gasteiger partial charge in [0.25, 0.3) is 0 Å². The maximum Gasteiger partial charge on any atom is 0.228 e. The Morgan fingerprint density at radius 2 is 2.06 bits per heavy atom. The molecule has 94 valence electrons. The molecule has 1 aromatic carbocycles. The van der Waals surface area contributed by atoms with E-state index in [4.69, 9.17) is 4.42 Å². The number of furan rings is 1. The van der Waals surface area contributed by atoms with Gasteiger partial charge in [0.2, 0.25) is 5.78 Å². The van der Waals surface area contributed by atoms with E-state index >= 15 is 0 Å². The number of aryl methyl sites for hydroxylation is 1. The van der Waals surface area contributed by atoms with Crippen molar-refractivity contribution in [3.05, 3.63) is 59.0 Å². The lowest BCUT2D eigenvalue weighted by atomic mass is 9.98. The van der Waals surface area contributed by atoms with Crippen molar-refractivity contribution in [2.75, 3.05) is 0 Å². The van der Waals surface area contributed by atoms with E-state index in [1.807, 2.05) is 31.2 Å². The van der Waals surface area contributed by atoms with Crippen molar-refractivity contribution >= 4 is 5.78 Å². The largest absolute Gasteiger partial charge is 0.461 e. The maximum absolute atomic E-state index is 12.3. The number of carbonyl (C=O) groups excluding carboxylic acids is 1. The van der Waals surface area contributed by atoms with E-state index in [1.54, 1.807) is 6.26 Å². The summed E-state index contributed by atoms with van der Waals surface area (Å²) in [6, 6.07) is 9.61. The molecule has 0 amide bonds. The van der Waals surface area contributed by atoms with Crippen LogP contribution in [-0.4, -0.2) is 5.78 Å². The van der Waals surface area contributed by atoms with Crippen LogP contribution in [0.25, 0.3) is 0 Å². The predicted octanol–water partition coefficient (Wildman–Crippen LogP) is 4.02. The van der Waals surface area contributed by atoms with Crippen LogP contribution < -0.4 is 0 Å². The Bertz CT molecular complexity index is 550. The van der Waals surface area contributed by atoms with Gasteiger partial charge in [-0.3, -0.25) is 4.79 Å². The molecule has 2 aromatic rings. The topological polar surface area (TPSA) is 30.2 Å². The summed E-state index contributed by atoms with van der Waals surface area (Å²) in [5.74, 6) is 0.987. The molecule has 1 aromatic heterocycles. The molecule has 2 heteroatoms. The van der Waals surface area contributed by atoms with Gasteiger partial charge in [0, 0.05) is 5.56 Å². The Labute approximate surface area is 108 Å². The van der Waals surface area contributed by atoms with Crippen molar-refractivity contribution in [1.29, 1.82) is 0 Å². The Morgan fingerprint density at radius 1 is 1.28 bits per heavy atom. The van der Waals surface area contributed by atoms with Gasteiger partial charge in [-0.1, -0.05) is 32.0 Å². The van der Waals surface area contributed by atoms with Gasteiger partial charge in [0.05, 0.1) is 6.26 Å². The summed E-state index contributed by atoms with van der Waals surface area (Å²) in [5, 5.41) is 0. The molecule has 0 aliphatic heterocycles. The number of ketones is 1. The Balaban J connectivity index is 2.29. The van der Waals surface area contributed by atoms with Crippen LogP contribution in [0.2, 0.25) is 0 Å². The van der Waals surface area contributed by atoms with Crippen molar-refractivity contribution in [3.63, 3.8) is 0 Å². The summed E-state index contributed by atoms with van der Waals surface area (Å²) >= 11 is 0. The second-order valence-corrected chi connectivity index (χ2v) is 5.06. The zero-order chi connectivity index (χ0) is 13.1. The van der Waals surface area contributed by atoms with Gasteiger partial charge >= 0.3 is 0 Å². The first kappa shape index (κ1) is 12.6. The van der Waals surface area contributed by atoms with E-state index in [2.05, 4.69) is 19.9 Å². The van der Waals surface area contributed by atoms with Gasteiger partial charge < -0.3 is 4.42 Å². The molecule has 0 radical (unpaired) electrons. The molecular weight excluding hydrogens is 224 g/mol. The number of hydrogen-bond acceptors (Lipinski definition) is 2. The summed E-state index contributed by atoms with van der Waals surface area (Å²) in [6.45, 7) is 6.23. The molecule has 0 bridgehead atoms. The van der Waals surface area contributed by atoms with Crippen molar-refractivity contribution in [1.82, 2.24) is 0 Å². The lowest BCUT2D eigenvalue weighted by molar-refractivity contribution is 0.101. The van der Waals surface area contributed by atoms with Gasteiger partial charge in [0.15, 0.2) is 5.76 Å². The van der Waals surface area contributed by atoms with Crippen LogP contribution >= 0.6 is 0 Å². The first-order valence-electron chi connectivity index (χ1n) is 6.25. The average Bonchev–Trinajstić information content (AvgIpc) is 2.74. The number of hydrogen-bond donors (Lipinski definition) is 0. The predicted molar refractivity (Wildman–Crippen MR) is 71.9 cm³/mol. The van der Waals surface area contributed by atoms with Crippen molar-refractivity contribution in [2.45, 2.75) is 27.2 Å². The number of benzene rings is 1. The molecular formula is C16H18O2. The third-order valence-corrected chi connectivity index (χ3v) is 2.90. The fourth-order valence-electron chi connectivity index (χ4n) is 2.05. The molecule has 2 nitrogen and oxygen atoms in total. The molecule has 0 unspecified atom stereocenters. The standard InChI is InChI=1S/C16H18O2/c1-11(2)9-13-5-4-6-14(10-13)15(17)16-12(3)7-8-18-16/h4-8,10-11H,9H2,1-3H3. The van der Waals surface area contributed by atoms with E-state index in [-0.39, 0.29) is 5.78 Å². The third kappa shape index (κ3) is 2.70. The smallest absolute Gasteiger partial charge is 0.228 e. The highest BCUT2D eigenvalue weighted by molar-refractivity contribution is 6.08. The lowest BCUT2D eigenvalue weighted by Gasteiger charge is -2.06. The van der Waals surface area contributed by atoms with Gasteiger partial charge in [-0.25, -0.2) is 0 Å². The van der Waals surface area contributed by atoms with E-state index in [9.17, 15) is 4.79 Å².